The molecule has 5 heteroatoms. The largest absolute Gasteiger partial charge is 0.468 e. The fourth-order valence-electron chi connectivity index (χ4n) is 1.18. The molecule has 0 radical (unpaired) electrons. The van der Waals surface area contributed by atoms with Crippen LogP contribution in [-0.2, 0) is 9.53 Å². The van der Waals surface area contributed by atoms with Crippen LogP contribution in [0.5, 0.6) is 0 Å². The highest BCUT2D eigenvalue weighted by Crippen LogP contribution is 2.25. The molecule has 0 aliphatic heterocycles. The Labute approximate surface area is 94.4 Å². The number of hydrogen-bond donors (Lipinski definition) is 0. The second-order valence-electron chi connectivity index (χ2n) is 2.89. The van der Waals surface area contributed by atoms with Crippen molar-refractivity contribution in [2.45, 2.75) is 12.3 Å². The van der Waals surface area contributed by atoms with Crippen LogP contribution < -0.4 is 0 Å². The monoisotopic (exact) mass is 278 g/mol. The molecule has 0 saturated carbocycles. The predicted molar refractivity (Wildman–Crippen MR) is 54.9 cm³/mol. The number of benzene rings is 1. The number of rotatable bonds is 3. The molecule has 0 fully saturated rings. The number of hydrogen-bond acceptors (Lipinski definition) is 2. The number of esters is 1. The molecule has 15 heavy (non-hydrogen) atoms. The Morgan fingerprint density at radius 3 is 2.27 bits per heavy atom. The smallest absolute Gasteiger partial charge is 0.319 e. The zero-order valence-electron chi connectivity index (χ0n) is 7.91. The fraction of sp³-hybridized carbons (Fsp3) is 0.300. The summed E-state index contributed by atoms with van der Waals surface area (Å²) >= 11 is 3.18. The van der Waals surface area contributed by atoms with Gasteiger partial charge in [0.25, 0.3) is 6.43 Å². The summed E-state index contributed by atoms with van der Waals surface area (Å²) in [5, 5.41) is 0. The molecule has 0 unspecified atom stereocenters. The summed E-state index contributed by atoms with van der Waals surface area (Å²) in [7, 11) is 1.09. The van der Waals surface area contributed by atoms with E-state index < -0.39 is 18.3 Å². The molecule has 0 aromatic heterocycles. The molecule has 1 aromatic rings. The van der Waals surface area contributed by atoms with Crippen LogP contribution in [-0.4, -0.2) is 19.5 Å². The number of ether oxygens (including phenoxy) is 1. The van der Waals surface area contributed by atoms with Gasteiger partial charge in [-0.05, 0) is 17.7 Å². The van der Waals surface area contributed by atoms with Crippen LogP contribution in [0.25, 0.3) is 0 Å². The van der Waals surface area contributed by atoms with E-state index in [9.17, 15) is 13.6 Å². The second kappa shape index (κ2) is 5.21. The zero-order valence-corrected chi connectivity index (χ0v) is 9.50. The van der Waals surface area contributed by atoms with Crippen LogP contribution >= 0.6 is 15.9 Å². The minimum absolute atomic E-state index is 0.250. The van der Waals surface area contributed by atoms with Crippen LogP contribution in [0, 0.1) is 0 Å². The molecule has 0 N–H and O–H groups in total. The average Bonchev–Trinajstić information content (AvgIpc) is 2.20. The molecule has 1 rings (SSSR count). The number of carbonyl (C=O) groups excluding carboxylic acids is 1. The van der Waals surface area contributed by atoms with Gasteiger partial charge < -0.3 is 4.74 Å². The Balaban J connectivity index is 2.99. The quantitative estimate of drug-likeness (QED) is 0.795. The molecule has 1 aromatic carbocycles. The molecule has 0 aliphatic carbocycles. The van der Waals surface area contributed by atoms with Crippen LogP contribution in [0.2, 0.25) is 0 Å². The normalized spacial score (nSPS) is 12.6. The van der Waals surface area contributed by atoms with E-state index in [1.54, 1.807) is 12.1 Å². The molecule has 0 spiro atoms. The lowest BCUT2D eigenvalue weighted by molar-refractivity contribution is -0.146. The van der Waals surface area contributed by atoms with Gasteiger partial charge in [0.15, 0.2) is 0 Å². The molecular formula is C10H9BrF2O2. The van der Waals surface area contributed by atoms with Gasteiger partial charge in [-0.1, -0.05) is 28.1 Å². The first kappa shape index (κ1) is 12.1. The van der Waals surface area contributed by atoms with Gasteiger partial charge in [-0.15, -0.1) is 0 Å². The molecule has 82 valence electrons. The molecule has 1 atom stereocenters. The first-order chi connectivity index (χ1) is 7.06. The Hall–Kier alpha value is -0.970. The SMILES string of the molecule is COC(=O)[C@H](c1ccc(Br)cc1)C(F)F. The maximum Gasteiger partial charge on any atom is 0.319 e. The summed E-state index contributed by atoms with van der Waals surface area (Å²) in [4.78, 5) is 11.1. The van der Waals surface area contributed by atoms with Crippen LogP contribution in [0.1, 0.15) is 11.5 Å². The Morgan fingerprint density at radius 2 is 1.87 bits per heavy atom. The second-order valence-corrected chi connectivity index (χ2v) is 3.80. The van der Waals surface area contributed by atoms with Crippen molar-refractivity contribution in [3.8, 4) is 0 Å². The van der Waals surface area contributed by atoms with Crippen LogP contribution in [0.3, 0.4) is 0 Å². The maximum absolute atomic E-state index is 12.6. The van der Waals surface area contributed by atoms with Crippen molar-refractivity contribution in [3.05, 3.63) is 34.3 Å². The fourth-order valence-corrected chi connectivity index (χ4v) is 1.45. The van der Waals surface area contributed by atoms with E-state index in [2.05, 4.69) is 20.7 Å². The summed E-state index contributed by atoms with van der Waals surface area (Å²) in [5.74, 6) is -2.43. The third-order valence-electron chi connectivity index (χ3n) is 1.94. The van der Waals surface area contributed by atoms with E-state index in [0.29, 0.717) is 0 Å². The number of halogens is 3. The van der Waals surface area contributed by atoms with Crippen molar-refractivity contribution in [2.24, 2.45) is 0 Å². The maximum atomic E-state index is 12.6. The molecule has 0 aliphatic rings. The summed E-state index contributed by atoms with van der Waals surface area (Å²) in [6.07, 6.45) is -2.77. The Kier molecular flexibility index (Phi) is 4.20. The molecule has 0 amide bonds. The molecule has 0 heterocycles. The van der Waals surface area contributed by atoms with E-state index in [4.69, 9.17) is 0 Å². The van der Waals surface area contributed by atoms with E-state index in [0.717, 1.165) is 11.6 Å². The number of alkyl halides is 2. The van der Waals surface area contributed by atoms with Gasteiger partial charge in [0.2, 0.25) is 0 Å². The van der Waals surface area contributed by atoms with Crippen molar-refractivity contribution < 1.29 is 18.3 Å². The van der Waals surface area contributed by atoms with E-state index in [-0.39, 0.29) is 5.56 Å². The number of methoxy groups -OCH3 is 1. The van der Waals surface area contributed by atoms with Crippen molar-refractivity contribution in [1.82, 2.24) is 0 Å². The van der Waals surface area contributed by atoms with Crippen LogP contribution in [0.4, 0.5) is 8.78 Å². The first-order valence-electron chi connectivity index (χ1n) is 4.17. The van der Waals surface area contributed by atoms with E-state index in [1.807, 2.05) is 0 Å². The third kappa shape index (κ3) is 2.99. The lowest BCUT2D eigenvalue weighted by Gasteiger charge is -2.13. The van der Waals surface area contributed by atoms with Crippen molar-refractivity contribution >= 4 is 21.9 Å². The molecular weight excluding hydrogens is 270 g/mol. The lowest BCUT2D eigenvalue weighted by Crippen LogP contribution is -2.21. The van der Waals surface area contributed by atoms with E-state index >= 15 is 0 Å². The minimum Gasteiger partial charge on any atom is -0.468 e. The molecule has 0 saturated heterocycles. The van der Waals surface area contributed by atoms with Crippen molar-refractivity contribution in [1.29, 1.82) is 0 Å². The highest BCUT2D eigenvalue weighted by molar-refractivity contribution is 9.10. The third-order valence-corrected chi connectivity index (χ3v) is 2.46. The first-order valence-corrected chi connectivity index (χ1v) is 4.97. The minimum atomic E-state index is -2.77. The van der Waals surface area contributed by atoms with Crippen molar-refractivity contribution in [2.75, 3.05) is 7.11 Å². The lowest BCUT2D eigenvalue weighted by atomic mass is 10.00. The number of carbonyl (C=O) groups is 1. The Bertz CT molecular complexity index is 338. The highest BCUT2D eigenvalue weighted by Gasteiger charge is 2.30. The summed E-state index contributed by atoms with van der Waals surface area (Å²) in [6.45, 7) is 0. The standard InChI is InChI=1S/C10H9BrF2O2/c1-15-10(14)8(9(12)13)6-2-4-7(11)5-3-6/h2-5,8-9H,1H3/t8-/m1/s1. The molecule has 0 bridgehead atoms. The van der Waals surface area contributed by atoms with Crippen LogP contribution in [0.15, 0.2) is 28.7 Å². The van der Waals surface area contributed by atoms with Gasteiger partial charge in [0.1, 0.15) is 5.92 Å². The van der Waals surface area contributed by atoms with Gasteiger partial charge in [-0.2, -0.15) is 0 Å². The van der Waals surface area contributed by atoms with Gasteiger partial charge in [0.05, 0.1) is 7.11 Å². The average molecular weight is 279 g/mol. The van der Waals surface area contributed by atoms with Gasteiger partial charge in [0, 0.05) is 4.47 Å². The predicted octanol–water partition coefficient (Wildman–Crippen LogP) is 2.97. The topological polar surface area (TPSA) is 26.3 Å². The van der Waals surface area contributed by atoms with Gasteiger partial charge >= 0.3 is 5.97 Å². The summed E-state index contributed by atoms with van der Waals surface area (Å²) in [6, 6.07) is 6.15. The van der Waals surface area contributed by atoms with E-state index in [1.165, 1.54) is 12.1 Å². The van der Waals surface area contributed by atoms with Gasteiger partial charge in [-0.25, -0.2) is 8.78 Å². The summed E-state index contributed by atoms with van der Waals surface area (Å²) in [5.41, 5.74) is 0.250. The zero-order chi connectivity index (χ0) is 11.4. The summed E-state index contributed by atoms with van der Waals surface area (Å²) < 4.78 is 30.3. The van der Waals surface area contributed by atoms with Gasteiger partial charge in [-0.3, -0.25) is 4.79 Å². The molecule has 2 nitrogen and oxygen atoms in total. The highest BCUT2D eigenvalue weighted by atomic mass is 79.9. The Morgan fingerprint density at radius 1 is 1.33 bits per heavy atom. The van der Waals surface area contributed by atoms with Crippen molar-refractivity contribution in [3.63, 3.8) is 0 Å².